The number of guanidine groups is 1. The highest BCUT2D eigenvalue weighted by molar-refractivity contribution is 5.94. The van der Waals surface area contributed by atoms with Crippen LogP contribution in [0.25, 0.3) is 0 Å². The summed E-state index contributed by atoms with van der Waals surface area (Å²) in [7, 11) is 0. The third-order valence-electron chi connectivity index (χ3n) is 4.02. The maximum atomic E-state index is 12.7. The standard InChI is InChI=1S/C19H30N4O2/c1-5-20-19(21-6-2)22-11-16-7-9-17(10-8-16)18(24)23-12-14(3)25-15(4)13-23/h7-10,14-15H,5-6,11-13H2,1-4H3,(H2,20,21,22). The van der Waals surface area contributed by atoms with Crippen LogP contribution in [0.4, 0.5) is 0 Å². The Morgan fingerprint density at radius 3 is 2.20 bits per heavy atom. The number of morpholine rings is 1. The van der Waals surface area contributed by atoms with E-state index < -0.39 is 0 Å². The van der Waals surface area contributed by atoms with E-state index in [1.807, 2.05) is 56.9 Å². The van der Waals surface area contributed by atoms with Crippen LogP contribution < -0.4 is 10.6 Å². The first kappa shape index (κ1) is 19.2. The highest BCUT2D eigenvalue weighted by atomic mass is 16.5. The van der Waals surface area contributed by atoms with Crippen molar-refractivity contribution in [2.45, 2.75) is 46.4 Å². The van der Waals surface area contributed by atoms with Crippen LogP contribution in [-0.4, -0.2) is 55.2 Å². The minimum absolute atomic E-state index is 0.0676. The molecule has 2 atom stereocenters. The minimum atomic E-state index is 0.0676. The van der Waals surface area contributed by atoms with Gasteiger partial charge in [-0.1, -0.05) is 12.1 Å². The number of rotatable bonds is 5. The molecule has 1 aromatic rings. The fourth-order valence-corrected chi connectivity index (χ4v) is 2.96. The van der Waals surface area contributed by atoms with Crippen LogP contribution in [0, 0.1) is 0 Å². The molecule has 2 N–H and O–H groups in total. The maximum Gasteiger partial charge on any atom is 0.254 e. The molecule has 25 heavy (non-hydrogen) atoms. The Hall–Kier alpha value is -2.08. The molecule has 2 unspecified atom stereocenters. The van der Waals surface area contributed by atoms with Gasteiger partial charge in [0.2, 0.25) is 0 Å². The smallest absolute Gasteiger partial charge is 0.254 e. The Morgan fingerprint density at radius 1 is 1.12 bits per heavy atom. The second kappa shape index (κ2) is 9.42. The minimum Gasteiger partial charge on any atom is -0.372 e. The Bertz CT molecular complexity index is 568. The van der Waals surface area contributed by atoms with Crippen molar-refractivity contribution in [1.82, 2.24) is 15.5 Å². The van der Waals surface area contributed by atoms with E-state index in [2.05, 4.69) is 15.6 Å². The first-order chi connectivity index (χ1) is 12.0. The van der Waals surface area contributed by atoms with Crippen LogP contribution in [0.5, 0.6) is 0 Å². The fraction of sp³-hybridized carbons (Fsp3) is 0.579. The molecule has 0 saturated carbocycles. The Labute approximate surface area is 150 Å². The highest BCUT2D eigenvalue weighted by Crippen LogP contribution is 2.15. The van der Waals surface area contributed by atoms with Crippen molar-refractivity contribution < 1.29 is 9.53 Å². The van der Waals surface area contributed by atoms with Gasteiger partial charge < -0.3 is 20.3 Å². The predicted molar refractivity (Wildman–Crippen MR) is 101 cm³/mol. The molecular formula is C19H30N4O2. The van der Waals surface area contributed by atoms with Gasteiger partial charge in [-0.15, -0.1) is 0 Å². The van der Waals surface area contributed by atoms with E-state index in [1.165, 1.54) is 0 Å². The lowest BCUT2D eigenvalue weighted by molar-refractivity contribution is -0.0586. The number of carbonyl (C=O) groups excluding carboxylic acids is 1. The molecule has 1 amide bonds. The number of hydrogen-bond acceptors (Lipinski definition) is 3. The summed E-state index contributed by atoms with van der Waals surface area (Å²) in [5.41, 5.74) is 1.79. The summed E-state index contributed by atoms with van der Waals surface area (Å²) in [6.07, 6.45) is 0.161. The van der Waals surface area contributed by atoms with Crippen LogP contribution in [0.15, 0.2) is 29.3 Å². The number of ether oxygens (including phenoxy) is 1. The quantitative estimate of drug-likeness (QED) is 0.632. The van der Waals surface area contributed by atoms with Crippen LogP contribution in [0.2, 0.25) is 0 Å². The van der Waals surface area contributed by atoms with Crippen molar-refractivity contribution in [2.24, 2.45) is 4.99 Å². The molecule has 1 aliphatic heterocycles. The van der Waals surface area contributed by atoms with Gasteiger partial charge >= 0.3 is 0 Å². The molecular weight excluding hydrogens is 316 g/mol. The summed E-state index contributed by atoms with van der Waals surface area (Å²) in [5, 5.41) is 6.40. The first-order valence-electron chi connectivity index (χ1n) is 9.09. The second-order valence-corrected chi connectivity index (χ2v) is 6.39. The van der Waals surface area contributed by atoms with Crippen molar-refractivity contribution in [3.8, 4) is 0 Å². The van der Waals surface area contributed by atoms with Gasteiger partial charge in [0.15, 0.2) is 5.96 Å². The average molecular weight is 346 g/mol. The molecule has 0 aromatic heterocycles. The topological polar surface area (TPSA) is 66.0 Å². The van der Waals surface area contributed by atoms with E-state index in [9.17, 15) is 4.79 Å². The number of amides is 1. The molecule has 1 saturated heterocycles. The van der Waals surface area contributed by atoms with E-state index in [4.69, 9.17) is 4.74 Å². The van der Waals surface area contributed by atoms with Crippen molar-refractivity contribution in [3.63, 3.8) is 0 Å². The lowest BCUT2D eigenvalue weighted by Crippen LogP contribution is -2.48. The zero-order valence-corrected chi connectivity index (χ0v) is 15.7. The van der Waals surface area contributed by atoms with Crippen molar-refractivity contribution in [2.75, 3.05) is 26.2 Å². The van der Waals surface area contributed by atoms with Gasteiger partial charge in [-0.3, -0.25) is 4.79 Å². The van der Waals surface area contributed by atoms with E-state index in [-0.39, 0.29) is 18.1 Å². The molecule has 6 heteroatoms. The Morgan fingerprint density at radius 2 is 1.68 bits per heavy atom. The monoisotopic (exact) mass is 346 g/mol. The molecule has 1 fully saturated rings. The number of benzene rings is 1. The maximum absolute atomic E-state index is 12.7. The summed E-state index contributed by atoms with van der Waals surface area (Å²) < 4.78 is 5.70. The summed E-state index contributed by atoms with van der Waals surface area (Å²) in [4.78, 5) is 19.1. The second-order valence-electron chi connectivity index (χ2n) is 6.39. The molecule has 6 nitrogen and oxygen atoms in total. The number of nitrogens with zero attached hydrogens (tertiary/aromatic N) is 2. The largest absolute Gasteiger partial charge is 0.372 e. The van der Waals surface area contributed by atoms with Crippen molar-refractivity contribution in [1.29, 1.82) is 0 Å². The summed E-state index contributed by atoms with van der Waals surface area (Å²) in [6.45, 7) is 11.6. The molecule has 1 heterocycles. The van der Waals surface area contributed by atoms with Gasteiger partial charge in [-0.05, 0) is 45.4 Å². The molecule has 0 aliphatic carbocycles. The normalized spacial score (nSPS) is 20.1. The highest BCUT2D eigenvalue weighted by Gasteiger charge is 2.26. The molecule has 1 aliphatic rings. The van der Waals surface area contributed by atoms with Crippen LogP contribution in [0.1, 0.15) is 43.6 Å². The van der Waals surface area contributed by atoms with Crippen molar-refractivity contribution in [3.05, 3.63) is 35.4 Å². The van der Waals surface area contributed by atoms with Crippen LogP contribution in [0.3, 0.4) is 0 Å². The molecule has 0 spiro atoms. The molecule has 0 bridgehead atoms. The van der Waals surface area contributed by atoms with Gasteiger partial charge in [-0.2, -0.15) is 0 Å². The predicted octanol–water partition coefficient (Wildman–Crippen LogP) is 2.01. The summed E-state index contributed by atoms with van der Waals surface area (Å²) >= 11 is 0. The summed E-state index contributed by atoms with van der Waals surface area (Å²) in [6, 6.07) is 7.72. The first-order valence-corrected chi connectivity index (χ1v) is 9.09. The number of nitrogens with one attached hydrogen (secondary N) is 2. The van der Waals surface area contributed by atoms with Gasteiger partial charge in [0.1, 0.15) is 0 Å². The number of hydrogen-bond donors (Lipinski definition) is 2. The summed E-state index contributed by atoms with van der Waals surface area (Å²) in [5.74, 6) is 0.875. The lowest BCUT2D eigenvalue weighted by atomic mass is 10.1. The third-order valence-corrected chi connectivity index (χ3v) is 4.02. The number of aliphatic imine (C=N–C) groups is 1. The average Bonchev–Trinajstić information content (AvgIpc) is 2.59. The lowest BCUT2D eigenvalue weighted by Gasteiger charge is -2.35. The van der Waals surface area contributed by atoms with Gasteiger partial charge in [0.05, 0.1) is 18.8 Å². The molecule has 0 radical (unpaired) electrons. The zero-order valence-electron chi connectivity index (χ0n) is 15.7. The Balaban J connectivity index is 1.99. The van der Waals surface area contributed by atoms with E-state index in [1.54, 1.807) is 0 Å². The molecule has 138 valence electrons. The number of carbonyl (C=O) groups is 1. The SMILES string of the molecule is CCNC(=NCc1ccc(C(=O)N2CC(C)OC(C)C2)cc1)NCC. The van der Waals surface area contributed by atoms with Gasteiger partial charge in [0, 0.05) is 31.7 Å². The van der Waals surface area contributed by atoms with Crippen LogP contribution >= 0.6 is 0 Å². The van der Waals surface area contributed by atoms with Gasteiger partial charge in [-0.25, -0.2) is 4.99 Å². The zero-order chi connectivity index (χ0) is 18.2. The van der Waals surface area contributed by atoms with E-state index in [0.717, 1.165) is 24.6 Å². The Kier molecular flexibility index (Phi) is 7.25. The molecule has 2 rings (SSSR count). The molecule has 1 aromatic carbocycles. The van der Waals surface area contributed by atoms with Crippen molar-refractivity contribution >= 4 is 11.9 Å². The van der Waals surface area contributed by atoms with E-state index >= 15 is 0 Å². The van der Waals surface area contributed by atoms with E-state index in [0.29, 0.717) is 25.2 Å². The van der Waals surface area contributed by atoms with Gasteiger partial charge in [0.25, 0.3) is 5.91 Å². The third kappa shape index (κ3) is 5.74. The fourth-order valence-electron chi connectivity index (χ4n) is 2.96. The van der Waals surface area contributed by atoms with Crippen LogP contribution in [-0.2, 0) is 11.3 Å².